The van der Waals surface area contributed by atoms with Gasteiger partial charge in [-0.3, -0.25) is 0 Å². The summed E-state index contributed by atoms with van der Waals surface area (Å²) in [4.78, 5) is -0.542. The molecule has 8 heteroatoms. The second-order valence-corrected chi connectivity index (χ2v) is 6.89. The smallest absolute Gasteiger partial charge is 0.241 e. The molecular weight excluding hydrogens is 319 g/mol. The van der Waals surface area contributed by atoms with Gasteiger partial charge in [-0.05, 0) is 34.5 Å². The van der Waals surface area contributed by atoms with Gasteiger partial charge in [-0.1, -0.05) is 18.3 Å². The Balaban J connectivity index is 2.34. The summed E-state index contributed by atoms with van der Waals surface area (Å²) in [7, 11) is -3.89. The lowest BCUT2D eigenvalue weighted by atomic mass is 10.2. The third kappa shape index (κ3) is 3.21. The molecule has 0 amide bonds. The molecule has 0 aliphatic heterocycles. The Labute approximate surface area is 125 Å². The average Bonchev–Trinajstić information content (AvgIpc) is 2.89. The molecule has 106 valence electrons. The number of sulfonamides is 1. The van der Waals surface area contributed by atoms with Crippen molar-refractivity contribution in [2.45, 2.75) is 11.4 Å². The minimum Gasteiger partial charge on any atom is -0.389 e. The number of benzene rings is 1. The Kier molecular flexibility index (Phi) is 4.48. The molecule has 0 unspecified atom stereocenters. The molecule has 0 spiro atoms. The van der Waals surface area contributed by atoms with Crippen LogP contribution in [0.1, 0.15) is 11.1 Å². The number of hydrogen-bond acceptors (Lipinski definition) is 4. The molecule has 1 aromatic heterocycles. The van der Waals surface area contributed by atoms with Crippen LogP contribution in [0.5, 0.6) is 0 Å². The third-order valence-corrected chi connectivity index (χ3v) is 4.94. The highest BCUT2D eigenvalue weighted by Crippen LogP contribution is 2.19. The van der Waals surface area contributed by atoms with Crippen molar-refractivity contribution in [1.82, 2.24) is 4.72 Å². The lowest BCUT2D eigenvalue weighted by molar-refractivity contribution is 0.577. The highest BCUT2D eigenvalue weighted by atomic mass is 32.2. The van der Waals surface area contributed by atoms with Crippen molar-refractivity contribution >= 4 is 38.6 Å². The van der Waals surface area contributed by atoms with E-state index in [1.807, 2.05) is 10.8 Å². The van der Waals surface area contributed by atoms with Crippen LogP contribution in [0.25, 0.3) is 0 Å². The largest absolute Gasteiger partial charge is 0.389 e. The molecule has 0 bridgehead atoms. The van der Waals surface area contributed by atoms with Crippen molar-refractivity contribution in [2.24, 2.45) is 5.73 Å². The van der Waals surface area contributed by atoms with Crippen LogP contribution in [-0.2, 0) is 16.6 Å². The number of rotatable bonds is 5. The molecule has 0 radical (unpaired) electrons. The van der Waals surface area contributed by atoms with Crippen LogP contribution in [0, 0.1) is 5.82 Å². The summed E-state index contributed by atoms with van der Waals surface area (Å²) >= 11 is 6.18. The van der Waals surface area contributed by atoms with E-state index in [0.717, 1.165) is 11.6 Å². The molecule has 1 aromatic carbocycles. The molecule has 0 aliphatic rings. The van der Waals surface area contributed by atoms with Gasteiger partial charge in [0.05, 0.1) is 10.5 Å². The molecule has 0 fully saturated rings. The molecule has 0 aliphatic carbocycles. The van der Waals surface area contributed by atoms with Gasteiger partial charge in [-0.2, -0.15) is 11.3 Å². The van der Waals surface area contributed by atoms with E-state index in [1.54, 1.807) is 6.07 Å². The molecule has 4 nitrogen and oxygen atoms in total. The van der Waals surface area contributed by atoms with Crippen LogP contribution in [-0.4, -0.2) is 13.4 Å². The molecule has 0 saturated carbocycles. The fourth-order valence-electron chi connectivity index (χ4n) is 1.62. The van der Waals surface area contributed by atoms with E-state index in [-0.39, 0.29) is 22.0 Å². The van der Waals surface area contributed by atoms with E-state index < -0.39 is 15.8 Å². The molecule has 3 N–H and O–H groups in total. The van der Waals surface area contributed by atoms with E-state index in [4.69, 9.17) is 18.0 Å². The molecule has 1 heterocycles. The van der Waals surface area contributed by atoms with Crippen LogP contribution in [0.3, 0.4) is 0 Å². The van der Waals surface area contributed by atoms with Crippen molar-refractivity contribution in [2.75, 3.05) is 0 Å². The maximum atomic E-state index is 13.7. The first kappa shape index (κ1) is 15.0. The Morgan fingerprint density at radius 3 is 2.75 bits per heavy atom. The lowest BCUT2D eigenvalue weighted by Crippen LogP contribution is -2.26. The first-order valence-electron chi connectivity index (χ1n) is 5.51. The maximum absolute atomic E-state index is 13.7. The minimum atomic E-state index is -3.89. The maximum Gasteiger partial charge on any atom is 0.241 e. The zero-order valence-corrected chi connectivity index (χ0v) is 12.6. The van der Waals surface area contributed by atoms with Gasteiger partial charge >= 0.3 is 0 Å². The number of thiocarbonyl (C=S) groups is 1. The van der Waals surface area contributed by atoms with Crippen LogP contribution >= 0.6 is 23.6 Å². The lowest BCUT2D eigenvalue weighted by Gasteiger charge is -2.11. The quantitative estimate of drug-likeness (QED) is 0.823. The predicted molar refractivity (Wildman–Crippen MR) is 80.6 cm³/mol. The first-order valence-corrected chi connectivity index (χ1v) is 8.34. The Bertz CT molecular complexity index is 727. The first-order chi connectivity index (χ1) is 9.42. The second-order valence-electron chi connectivity index (χ2n) is 3.93. The topological polar surface area (TPSA) is 72.2 Å². The summed E-state index contributed by atoms with van der Waals surface area (Å²) in [6.07, 6.45) is 0. The number of nitrogens with one attached hydrogen (secondary N) is 1. The molecule has 0 atom stereocenters. The zero-order chi connectivity index (χ0) is 14.8. The zero-order valence-electron chi connectivity index (χ0n) is 10.2. The highest BCUT2D eigenvalue weighted by molar-refractivity contribution is 7.89. The molecular formula is C12H11FN2O2S3. The number of hydrogen-bond donors (Lipinski definition) is 2. The summed E-state index contributed by atoms with van der Waals surface area (Å²) in [6, 6.07) is 5.49. The monoisotopic (exact) mass is 330 g/mol. The van der Waals surface area contributed by atoms with Crippen LogP contribution < -0.4 is 10.5 Å². The summed E-state index contributed by atoms with van der Waals surface area (Å²) in [5.74, 6) is -0.754. The number of nitrogens with two attached hydrogens (primary N) is 1. The predicted octanol–water partition coefficient (Wildman–Crippen LogP) is 2.00. The Morgan fingerprint density at radius 2 is 2.15 bits per heavy atom. The normalized spacial score (nSPS) is 11.4. The summed E-state index contributed by atoms with van der Waals surface area (Å²) in [5, 5.41) is 3.66. The van der Waals surface area contributed by atoms with Gasteiger partial charge in [0, 0.05) is 6.54 Å². The molecule has 2 rings (SSSR count). The van der Waals surface area contributed by atoms with E-state index in [1.165, 1.54) is 23.5 Å². The molecule has 2 aromatic rings. The highest BCUT2D eigenvalue weighted by Gasteiger charge is 2.22. The van der Waals surface area contributed by atoms with Gasteiger partial charge in [0.15, 0.2) is 0 Å². The van der Waals surface area contributed by atoms with E-state index in [9.17, 15) is 12.8 Å². The molecule has 0 saturated heterocycles. The van der Waals surface area contributed by atoms with Crippen LogP contribution in [0.15, 0.2) is 39.9 Å². The number of halogens is 1. The van der Waals surface area contributed by atoms with Crippen LogP contribution in [0.2, 0.25) is 0 Å². The van der Waals surface area contributed by atoms with Gasteiger partial charge < -0.3 is 5.73 Å². The summed E-state index contributed by atoms with van der Waals surface area (Å²) in [6.45, 7) is 0.124. The fourth-order valence-corrected chi connectivity index (χ4v) is 3.80. The summed E-state index contributed by atoms with van der Waals surface area (Å²) < 4.78 is 40.5. The number of thiophene rings is 1. The third-order valence-electron chi connectivity index (χ3n) is 2.56. The van der Waals surface area contributed by atoms with Gasteiger partial charge in [-0.15, -0.1) is 0 Å². The van der Waals surface area contributed by atoms with E-state index in [0.29, 0.717) is 0 Å². The standard InChI is InChI=1S/C12H11FN2O2S3/c13-9-2-1-3-10(11(9)12(14)18)20(16,17)15-6-8-4-5-19-7-8/h1-5,7,15H,6H2,(H2,14,18). The van der Waals surface area contributed by atoms with Gasteiger partial charge in [0.2, 0.25) is 10.0 Å². The van der Waals surface area contributed by atoms with Crippen LogP contribution in [0.4, 0.5) is 4.39 Å². The second kappa shape index (κ2) is 5.96. The van der Waals surface area contributed by atoms with Crippen molar-refractivity contribution in [3.63, 3.8) is 0 Å². The van der Waals surface area contributed by atoms with Gasteiger partial charge in [0.1, 0.15) is 10.8 Å². The fraction of sp³-hybridized carbons (Fsp3) is 0.0833. The Hall–Kier alpha value is -1.35. The molecule has 20 heavy (non-hydrogen) atoms. The Morgan fingerprint density at radius 1 is 1.40 bits per heavy atom. The van der Waals surface area contributed by atoms with Crippen molar-refractivity contribution in [1.29, 1.82) is 0 Å². The van der Waals surface area contributed by atoms with Crippen molar-refractivity contribution in [3.05, 3.63) is 52.0 Å². The van der Waals surface area contributed by atoms with E-state index in [2.05, 4.69) is 4.72 Å². The van der Waals surface area contributed by atoms with Gasteiger partial charge in [-0.25, -0.2) is 17.5 Å². The van der Waals surface area contributed by atoms with Crippen molar-refractivity contribution < 1.29 is 12.8 Å². The minimum absolute atomic E-state index is 0.124. The van der Waals surface area contributed by atoms with Gasteiger partial charge in [0.25, 0.3) is 0 Å². The SMILES string of the molecule is NC(=S)c1c(F)cccc1S(=O)(=O)NCc1ccsc1. The van der Waals surface area contributed by atoms with Crippen molar-refractivity contribution in [3.8, 4) is 0 Å². The van der Waals surface area contributed by atoms with E-state index >= 15 is 0 Å². The average molecular weight is 330 g/mol. The summed E-state index contributed by atoms with van der Waals surface area (Å²) in [5.41, 5.74) is 5.97.